The summed E-state index contributed by atoms with van der Waals surface area (Å²) in [5.74, 6) is -0.199. The van der Waals surface area contributed by atoms with Crippen molar-refractivity contribution in [2.24, 2.45) is 0 Å². The largest absolute Gasteiger partial charge is 0.388 e. The van der Waals surface area contributed by atoms with Gasteiger partial charge in [-0.1, -0.05) is 6.92 Å². The second kappa shape index (κ2) is 9.19. The van der Waals surface area contributed by atoms with Crippen LogP contribution < -0.4 is 5.32 Å². The number of nitrogens with one attached hydrogen (secondary N) is 1. The summed E-state index contributed by atoms with van der Waals surface area (Å²) >= 11 is 0. The van der Waals surface area contributed by atoms with E-state index in [1.165, 1.54) is 6.92 Å². The van der Waals surface area contributed by atoms with Gasteiger partial charge in [0.05, 0.1) is 6.10 Å². The van der Waals surface area contributed by atoms with Crippen molar-refractivity contribution < 1.29 is 29.3 Å². The van der Waals surface area contributed by atoms with Gasteiger partial charge in [0, 0.05) is 20.0 Å². The molecule has 22 heavy (non-hydrogen) atoms. The Kier molecular flexibility index (Phi) is 7.95. The number of Topliss-reactive ketones (excluding diaryl/α,β-unsaturated/α-hetero) is 1. The minimum atomic E-state index is -1.15. The molecule has 0 aromatic rings. The number of carbonyl (C=O) groups is 2. The van der Waals surface area contributed by atoms with Crippen LogP contribution in [-0.4, -0.2) is 59.2 Å². The van der Waals surface area contributed by atoms with Gasteiger partial charge in [0.2, 0.25) is 5.91 Å². The van der Waals surface area contributed by atoms with Gasteiger partial charge >= 0.3 is 0 Å². The van der Waals surface area contributed by atoms with Crippen LogP contribution in [0.2, 0.25) is 0 Å². The molecule has 0 spiro atoms. The van der Waals surface area contributed by atoms with Gasteiger partial charge in [-0.25, -0.2) is 0 Å². The van der Waals surface area contributed by atoms with E-state index in [0.29, 0.717) is 25.9 Å². The first-order chi connectivity index (χ1) is 10.4. The molecule has 1 aliphatic rings. The number of hydrogen-bond acceptors (Lipinski definition) is 6. The molecule has 0 aromatic carbocycles. The summed E-state index contributed by atoms with van der Waals surface area (Å²) in [5.41, 5.74) is 0. The van der Waals surface area contributed by atoms with Gasteiger partial charge in [-0.05, 0) is 26.2 Å². The van der Waals surface area contributed by atoms with Crippen LogP contribution in [0.4, 0.5) is 0 Å². The van der Waals surface area contributed by atoms with Crippen LogP contribution in [0.25, 0.3) is 0 Å². The lowest BCUT2D eigenvalue weighted by molar-refractivity contribution is -0.265. The van der Waals surface area contributed by atoms with Gasteiger partial charge in [-0.2, -0.15) is 0 Å². The van der Waals surface area contributed by atoms with Crippen LogP contribution in [0.5, 0.6) is 0 Å². The van der Waals surface area contributed by atoms with Crippen LogP contribution in [0.15, 0.2) is 0 Å². The van der Waals surface area contributed by atoms with E-state index in [0.717, 1.165) is 6.42 Å². The quantitative estimate of drug-likeness (QED) is 0.549. The number of ether oxygens (including phenoxy) is 2. The van der Waals surface area contributed by atoms with Crippen LogP contribution >= 0.6 is 0 Å². The number of unbranched alkanes of at least 4 members (excludes halogenated alkanes) is 1. The van der Waals surface area contributed by atoms with Crippen molar-refractivity contribution in [3.63, 3.8) is 0 Å². The molecule has 1 saturated heterocycles. The predicted molar refractivity (Wildman–Crippen MR) is 79.1 cm³/mol. The molecule has 7 heteroatoms. The van der Waals surface area contributed by atoms with Crippen molar-refractivity contribution in [3.05, 3.63) is 0 Å². The highest BCUT2D eigenvalue weighted by Gasteiger charge is 2.44. The third-order valence-corrected chi connectivity index (χ3v) is 3.68. The fraction of sp³-hybridized carbons (Fsp3) is 0.867. The minimum absolute atomic E-state index is 0.134. The van der Waals surface area contributed by atoms with Gasteiger partial charge < -0.3 is 29.8 Å². The van der Waals surface area contributed by atoms with Crippen molar-refractivity contribution in [2.45, 2.75) is 77.1 Å². The summed E-state index contributed by atoms with van der Waals surface area (Å²) in [6, 6.07) is -0.817. The molecule has 0 saturated carbocycles. The molecule has 1 heterocycles. The number of amides is 1. The normalized spacial score (nSPS) is 31.8. The molecular weight excluding hydrogens is 290 g/mol. The molecule has 0 aromatic heterocycles. The number of aliphatic hydroxyl groups excluding tert-OH is 2. The molecule has 1 amide bonds. The van der Waals surface area contributed by atoms with E-state index in [1.807, 2.05) is 6.92 Å². The van der Waals surface area contributed by atoms with Crippen LogP contribution in [0.1, 0.15) is 46.5 Å². The van der Waals surface area contributed by atoms with Crippen molar-refractivity contribution in [1.29, 1.82) is 0 Å². The summed E-state index contributed by atoms with van der Waals surface area (Å²) in [7, 11) is 0. The minimum Gasteiger partial charge on any atom is -0.388 e. The average Bonchev–Trinajstić information content (AvgIpc) is 2.45. The summed E-state index contributed by atoms with van der Waals surface area (Å²) in [6.45, 7) is 5.06. The summed E-state index contributed by atoms with van der Waals surface area (Å²) in [5, 5.41) is 22.7. The lowest BCUT2D eigenvalue weighted by atomic mass is 9.95. The van der Waals surface area contributed by atoms with E-state index in [2.05, 4.69) is 5.32 Å². The Balaban J connectivity index is 2.57. The third-order valence-electron chi connectivity index (χ3n) is 3.68. The Labute approximate surface area is 131 Å². The van der Waals surface area contributed by atoms with Crippen molar-refractivity contribution in [3.8, 4) is 0 Å². The first-order valence-corrected chi connectivity index (χ1v) is 7.76. The zero-order valence-electron chi connectivity index (χ0n) is 13.4. The second-order valence-corrected chi connectivity index (χ2v) is 5.69. The maximum atomic E-state index is 11.3. The van der Waals surface area contributed by atoms with Crippen molar-refractivity contribution in [2.75, 3.05) is 6.61 Å². The lowest BCUT2D eigenvalue weighted by Crippen LogP contribution is -2.63. The maximum absolute atomic E-state index is 11.3. The van der Waals surface area contributed by atoms with E-state index in [-0.39, 0.29) is 11.7 Å². The fourth-order valence-electron chi connectivity index (χ4n) is 2.48. The Hall–Kier alpha value is -1.02. The highest BCUT2D eigenvalue weighted by Crippen LogP contribution is 2.24. The monoisotopic (exact) mass is 317 g/mol. The van der Waals surface area contributed by atoms with Gasteiger partial charge in [0.15, 0.2) is 6.29 Å². The summed E-state index contributed by atoms with van der Waals surface area (Å²) in [4.78, 5) is 22.1. The molecule has 0 bridgehead atoms. The molecule has 2 unspecified atom stereocenters. The molecule has 0 aliphatic carbocycles. The molecule has 7 nitrogen and oxygen atoms in total. The molecule has 5 atom stereocenters. The Morgan fingerprint density at radius 3 is 2.41 bits per heavy atom. The van der Waals surface area contributed by atoms with E-state index >= 15 is 0 Å². The smallest absolute Gasteiger partial charge is 0.217 e. The summed E-state index contributed by atoms with van der Waals surface area (Å²) in [6.07, 6.45) is -1.15. The molecular formula is C15H27NO6. The number of rotatable bonds is 8. The van der Waals surface area contributed by atoms with Gasteiger partial charge in [-0.15, -0.1) is 0 Å². The number of hydrogen-bond donors (Lipinski definition) is 3. The Morgan fingerprint density at radius 1 is 1.18 bits per heavy atom. The molecule has 1 aliphatic heterocycles. The number of ketones is 1. The SMILES string of the molecule is CCC1O[C@@H](OCCCCC(C)=O)[C@H](NC(C)=O)C(O)[C@@H]1O. The van der Waals surface area contributed by atoms with Crippen molar-refractivity contribution >= 4 is 11.7 Å². The third kappa shape index (κ3) is 5.64. The Bertz CT molecular complexity index is 375. The summed E-state index contributed by atoms with van der Waals surface area (Å²) < 4.78 is 11.3. The van der Waals surface area contributed by atoms with Gasteiger partial charge in [0.1, 0.15) is 24.0 Å². The van der Waals surface area contributed by atoms with Gasteiger partial charge in [-0.3, -0.25) is 4.79 Å². The van der Waals surface area contributed by atoms with E-state index < -0.39 is 30.6 Å². The lowest BCUT2D eigenvalue weighted by Gasteiger charge is -2.42. The average molecular weight is 317 g/mol. The maximum Gasteiger partial charge on any atom is 0.217 e. The molecule has 1 fully saturated rings. The van der Waals surface area contributed by atoms with Gasteiger partial charge in [0.25, 0.3) is 0 Å². The first-order valence-electron chi connectivity index (χ1n) is 7.76. The molecule has 128 valence electrons. The fourth-order valence-corrected chi connectivity index (χ4v) is 2.48. The first kappa shape index (κ1) is 19.0. The topological polar surface area (TPSA) is 105 Å². The number of aliphatic hydroxyl groups is 2. The van der Waals surface area contributed by atoms with Crippen LogP contribution in [0.3, 0.4) is 0 Å². The standard InChI is InChI=1S/C15H27NO6/c1-4-11-13(19)14(20)12(16-10(3)18)15(22-11)21-8-6-5-7-9(2)17/h11-15,19-20H,4-8H2,1-3H3,(H,16,18)/t11?,12-,13-,14?,15-/m1/s1. The molecule has 0 radical (unpaired) electrons. The predicted octanol–water partition coefficient (Wildman–Crippen LogP) is 0.124. The van der Waals surface area contributed by atoms with E-state index in [4.69, 9.17) is 9.47 Å². The number of carbonyl (C=O) groups excluding carboxylic acids is 2. The highest BCUT2D eigenvalue weighted by atomic mass is 16.7. The molecule has 1 rings (SSSR count). The van der Waals surface area contributed by atoms with Crippen LogP contribution in [0, 0.1) is 0 Å². The van der Waals surface area contributed by atoms with E-state index in [9.17, 15) is 19.8 Å². The zero-order valence-corrected chi connectivity index (χ0v) is 13.4. The Morgan fingerprint density at radius 2 is 1.86 bits per heavy atom. The zero-order chi connectivity index (χ0) is 16.7. The second-order valence-electron chi connectivity index (χ2n) is 5.69. The van der Waals surface area contributed by atoms with Crippen molar-refractivity contribution in [1.82, 2.24) is 5.32 Å². The van der Waals surface area contributed by atoms with E-state index in [1.54, 1.807) is 6.92 Å². The highest BCUT2D eigenvalue weighted by molar-refractivity contribution is 5.75. The van der Waals surface area contributed by atoms with Crippen LogP contribution in [-0.2, 0) is 19.1 Å². The molecule has 3 N–H and O–H groups in total.